The van der Waals surface area contributed by atoms with Gasteiger partial charge in [0, 0.05) is 6.04 Å². The predicted octanol–water partition coefficient (Wildman–Crippen LogP) is 2.57. The second-order valence-electron chi connectivity index (χ2n) is 4.30. The minimum Gasteiger partial charge on any atom is -0.389 e. The Bertz CT molecular complexity index is 275. The number of hydrogen-bond donors (Lipinski definition) is 2. The van der Waals surface area contributed by atoms with Crippen molar-refractivity contribution in [1.29, 1.82) is 0 Å². The van der Waals surface area contributed by atoms with Crippen LogP contribution in [0.5, 0.6) is 0 Å². The van der Waals surface area contributed by atoms with Crippen LogP contribution >= 0.6 is 11.3 Å². The zero-order valence-corrected chi connectivity index (χ0v) is 9.40. The monoisotopic (exact) mass is 199 g/mol. The molecule has 0 saturated heterocycles. The Morgan fingerprint density at radius 3 is 2.54 bits per heavy atom. The summed E-state index contributed by atoms with van der Waals surface area (Å²) in [6.07, 6.45) is 1.68. The third-order valence-electron chi connectivity index (χ3n) is 2.16. The van der Waals surface area contributed by atoms with Crippen LogP contribution in [0, 0.1) is 5.41 Å². The predicted molar refractivity (Wildman–Crippen MR) is 59.1 cm³/mol. The van der Waals surface area contributed by atoms with Gasteiger partial charge in [0.2, 0.25) is 0 Å². The number of nitrogens with one attached hydrogen (secondary N) is 1. The highest BCUT2D eigenvalue weighted by Crippen LogP contribution is 2.26. The van der Waals surface area contributed by atoms with E-state index in [1.807, 2.05) is 0 Å². The minimum absolute atomic E-state index is 0.237. The summed E-state index contributed by atoms with van der Waals surface area (Å²) in [7, 11) is 0. The summed E-state index contributed by atoms with van der Waals surface area (Å²) in [5.41, 5.74) is 5.82. The lowest BCUT2D eigenvalue weighted by Gasteiger charge is -2.27. The van der Waals surface area contributed by atoms with Crippen molar-refractivity contribution in [2.75, 3.05) is 11.1 Å². The number of nitrogens with two attached hydrogens (primary N) is 1. The van der Waals surface area contributed by atoms with Crippen LogP contribution in [0.3, 0.4) is 0 Å². The SMILES string of the molecule is CC(Nc1ncc(N)s1)C(C)(C)C. The van der Waals surface area contributed by atoms with Gasteiger partial charge in [-0.15, -0.1) is 0 Å². The molecule has 74 valence electrons. The van der Waals surface area contributed by atoms with E-state index in [0.29, 0.717) is 6.04 Å². The molecule has 0 bridgehead atoms. The first-order valence-corrected chi connectivity index (χ1v) is 5.19. The molecule has 3 nitrogen and oxygen atoms in total. The lowest BCUT2D eigenvalue weighted by Crippen LogP contribution is -2.30. The van der Waals surface area contributed by atoms with E-state index >= 15 is 0 Å². The molecule has 0 saturated carbocycles. The maximum absolute atomic E-state index is 5.58. The van der Waals surface area contributed by atoms with Gasteiger partial charge in [-0.1, -0.05) is 32.1 Å². The number of rotatable bonds is 2. The van der Waals surface area contributed by atoms with Gasteiger partial charge in [0.15, 0.2) is 5.13 Å². The maximum atomic E-state index is 5.58. The minimum atomic E-state index is 0.237. The van der Waals surface area contributed by atoms with Crippen LogP contribution in [0.15, 0.2) is 6.20 Å². The van der Waals surface area contributed by atoms with Crippen molar-refractivity contribution in [3.8, 4) is 0 Å². The van der Waals surface area contributed by atoms with Gasteiger partial charge in [0.05, 0.1) is 6.20 Å². The molecule has 4 heteroatoms. The van der Waals surface area contributed by atoms with Crippen molar-refractivity contribution in [3.63, 3.8) is 0 Å². The van der Waals surface area contributed by atoms with Crippen LogP contribution in [0.25, 0.3) is 0 Å². The van der Waals surface area contributed by atoms with E-state index in [9.17, 15) is 0 Å². The number of anilines is 2. The van der Waals surface area contributed by atoms with Crippen molar-refractivity contribution in [3.05, 3.63) is 6.20 Å². The lowest BCUT2D eigenvalue weighted by atomic mass is 9.88. The summed E-state index contributed by atoms with van der Waals surface area (Å²) in [4.78, 5) is 4.15. The molecule has 0 fully saturated rings. The van der Waals surface area contributed by atoms with E-state index < -0.39 is 0 Å². The van der Waals surface area contributed by atoms with Crippen molar-refractivity contribution in [1.82, 2.24) is 4.98 Å². The Balaban J connectivity index is 2.60. The maximum Gasteiger partial charge on any atom is 0.184 e. The quantitative estimate of drug-likeness (QED) is 0.769. The molecular formula is C9H17N3S. The van der Waals surface area contributed by atoms with Gasteiger partial charge in [0.25, 0.3) is 0 Å². The molecule has 1 heterocycles. The van der Waals surface area contributed by atoms with Gasteiger partial charge in [-0.25, -0.2) is 4.98 Å². The molecule has 0 aliphatic rings. The number of nitrogens with zero attached hydrogens (tertiary/aromatic N) is 1. The normalized spacial score (nSPS) is 14.2. The fourth-order valence-corrected chi connectivity index (χ4v) is 1.42. The standard InChI is InChI=1S/C9H17N3S/c1-6(9(2,3)4)12-8-11-5-7(10)13-8/h5-6H,10H2,1-4H3,(H,11,12). The van der Waals surface area contributed by atoms with Crippen molar-refractivity contribution < 1.29 is 0 Å². The summed E-state index contributed by atoms with van der Waals surface area (Å²) < 4.78 is 0. The summed E-state index contributed by atoms with van der Waals surface area (Å²) in [5, 5.41) is 4.99. The Labute approximate surface area is 83.4 Å². The molecule has 1 aromatic heterocycles. The van der Waals surface area contributed by atoms with Crippen LogP contribution in [-0.2, 0) is 0 Å². The molecule has 0 amide bonds. The number of aromatic nitrogens is 1. The van der Waals surface area contributed by atoms with E-state index in [4.69, 9.17) is 5.73 Å². The van der Waals surface area contributed by atoms with Crippen LogP contribution in [0.2, 0.25) is 0 Å². The van der Waals surface area contributed by atoms with Crippen LogP contribution in [0.4, 0.5) is 10.1 Å². The van der Waals surface area contributed by atoms with Gasteiger partial charge >= 0.3 is 0 Å². The molecule has 1 atom stereocenters. The fraction of sp³-hybridized carbons (Fsp3) is 0.667. The third-order valence-corrected chi connectivity index (χ3v) is 2.92. The first-order valence-electron chi connectivity index (χ1n) is 4.37. The lowest BCUT2D eigenvalue weighted by molar-refractivity contribution is 0.359. The molecule has 0 spiro atoms. The second kappa shape index (κ2) is 3.54. The summed E-state index contributed by atoms with van der Waals surface area (Å²) in [5.74, 6) is 0. The Kier molecular flexibility index (Phi) is 2.81. The van der Waals surface area contributed by atoms with Gasteiger partial charge in [-0.05, 0) is 12.3 Å². The zero-order valence-electron chi connectivity index (χ0n) is 8.59. The molecule has 0 aliphatic carbocycles. The largest absolute Gasteiger partial charge is 0.389 e. The highest BCUT2D eigenvalue weighted by Gasteiger charge is 2.20. The summed E-state index contributed by atoms with van der Waals surface area (Å²) >= 11 is 1.49. The summed E-state index contributed by atoms with van der Waals surface area (Å²) in [6, 6.07) is 0.387. The molecular weight excluding hydrogens is 182 g/mol. The Morgan fingerprint density at radius 2 is 2.15 bits per heavy atom. The van der Waals surface area contributed by atoms with Gasteiger partial charge < -0.3 is 11.1 Å². The van der Waals surface area contributed by atoms with Gasteiger partial charge in [0.1, 0.15) is 5.00 Å². The molecule has 0 radical (unpaired) electrons. The Hall–Kier alpha value is -0.770. The molecule has 1 unspecified atom stereocenters. The van der Waals surface area contributed by atoms with Gasteiger partial charge in [-0.2, -0.15) is 0 Å². The average molecular weight is 199 g/mol. The highest BCUT2D eigenvalue weighted by atomic mass is 32.1. The zero-order chi connectivity index (χ0) is 10.1. The van der Waals surface area contributed by atoms with Crippen molar-refractivity contribution >= 4 is 21.5 Å². The molecule has 1 rings (SSSR count). The number of thiazole rings is 1. The molecule has 3 N–H and O–H groups in total. The van der Waals surface area contributed by atoms with E-state index in [2.05, 4.69) is 38.0 Å². The van der Waals surface area contributed by atoms with E-state index in [1.54, 1.807) is 6.20 Å². The number of hydrogen-bond acceptors (Lipinski definition) is 4. The van der Waals surface area contributed by atoms with E-state index in [0.717, 1.165) is 10.1 Å². The second-order valence-corrected chi connectivity index (χ2v) is 5.36. The number of nitrogen functional groups attached to an aromatic ring is 1. The molecule has 1 aromatic rings. The summed E-state index contributed by atoms with van der Waals surface area (Å²) in [6.45, 7) is 8.74. The van der Waals surface area contributed by atoms with Crippen molar-refractivity contribution in [2.45, 2.75) is 33.7 Å². The average Bonchev–Trinajstić information content (AvgIpc) is 2.33. The highest BCUT2D eigenvalue weighted by molar-refractivity contribution is 7.19. The van der Waals surface area contributed by atoms with Gasteiger partial charge in [-0.3, -0.25) is 0 Å². The van der Waals surface area contributed by atoms with Crippen LogP contribution in [-0.4, -0.2) is 11.0 Å². The van der Waals surface area contributed by atoms with Crippen molar-refractivity contribution in [2.24, 2.45) is 5.41 Å². The molecule has 13 heavy (non-hydrogen) atoms. The first-order chi connectivity index (χ1) is 5.89. The fourth-order valence-electron chi connectivity index (χ4n) is 0.755. The van der Waals surface area contributed by atoms with E-state index in [1.165, 1.54) is 11.3 Å². The Morgan fingerprint density at radius 1 is 1.54 bits per heavy atom. The van der Waals surface area contributed by atoms with Crippen LogP contribution < -0.4 is 11.1 Å². The smallest absolute Gasteiger partial charge is 0.184 e. The molecule has 0 aromatic carbocycles. The topological polar surface area (TPSA) is 50.9 Å². The molecule has 0 aliphatic heterocycles. The van der Waals surface area contributed by atoms with E-state index in [-0.39, 0.29) is 5.41 Å². The first kappa shape index (κ1) is 10.3. The third kappa shape index (κ3) is 2.88. The van der Waals surface area contributed by atoms with Crippen LogP contribution in [0.1, 0.15) is 27.7 Å².